The molecular formula is C26H27N3O3S. The molecule has 4 rings (SSSR count). The molecule has 0 unspecified atom stereocenters. The van der Waals surface area contributed by atoms with Gasteiger partial charge >= 0.3 is 0 Å². The molecule has 0 bridgehead atoms. The van der Waals surface area contributed by atoms with Crippen molar-refractivity contribution in [1.29, 1.82) is 0 Å². The molecule has 2 heterocycles. The molecule has 0 saturated carbocycles. The van der Waals surface area contributed by atoms with E-state index >= 15 is 0 Å². The highest BCUT2D eigenvalue weighted by Gasteiger charge is 2.34. The van der Waals surface area contributed by atoms with Crippen LogP contribution in [0.5, 0.6) is 17.2 Å². The average Bonchev–Trinajstić information content (AvgIpc) is 3.21. The summed E-state index contributed by atoms with van der Waals surface area (Å²) in [6, 6.07) is 17.5. The van der Waals surface area contributed by atoms with Gasteiger partial charge in [0.2, 0.25) is 0 Å². The van der Waals surface area contributed by atoms with Crippen molar-refractivity contribution < 1.29 is 14.3 Å². The molecule has 0 N–H and O–H groups in total. The van der Waals surface area contributed by atoms with Gasteiger partial charge in [0.05, 0.1) is 7.11 Å². The number of rotatable bonds is 6. The van der Waals surface area contributed by atoms with Crippen molar-refractivity contribution in [3.63, 3.8) is 0 Å². The van der Waals surface area contributed by atoms with Crippen molar-refractivity contribution in [3.8, 4) is 22.9 Å². The van der Waals surface area contributed by atoms with Gasteiger partial charge in [-0.15, -0.1) is 0 Å². The van der Waals surface area contributed by atoms with Crippen LogP contribution in [0.15, 0.2) is 60.3 Å². The predicted octanol–water partition coefficient (Wildman–Crippen LogP) is 5.31. The molecule has 0 atom stereocenters. The van der Waals surface area contributed by atoms with Gasteiger partial charge in [-0.1, -0.05) is 0 Å². The zero-order valence-electron chi connectivity index (χ0n) is 19.5. The Morgan fingerprint density at radius 2 is 1.55 bits per heavy atom. The predicted molar refractivity (Wildman–Crippen MR) is 134 cm³/mol. The molecule has 1 fully saturated rings. The van der Waals surface area contributed by atoms with Crippen molar-refractivity contribution in [2.75, 3.05) is 20.7 Å². The summed E-state index contributed by atoms with van der Waals surface area (Å²) in [7, 11) is 3.47. The second-order valence-corrected chi connectivity index (χ2v) is 8.22. The van der Waals surface area contributed by atoms with E-state index in [0.29, 0.717) is 17.4 Å². The van der Waals surface area contributed by atoms with Gasteiger partial charge in [-0.3, -0.25) is 9.69 Å². The van der Waals surface area contributed by atoms with Gasteiger partial charge < -0.3 is 18.9 Å². The van der Waals surface area contributed by atoms with Gasteiger partial charge in [-0.2, -0.15) is 0 Å². The number of amides is 1. The number of nitrogens with zero attached hydrogens (tertiary/aromatic N) is 3. The van der Waals surface area contributed by atoms with E-state index in [1.54, 1.807) is 16.9 Å². The average molecular weight is 462 g/mol. The third-order valence-corrected chi connectivity index (χ3v) is 6.31. The second kappa shape index (κ2) is 9.11. The Labute approximate surface area is 199 Å². The van der Waals surface area contributed by atoms with Crippen molar-refractivity contribution in [2.45, 2.75) is 20.8 Å². The van der Waals surface area contributed by atoms with Gasteiger partial charge in [0.25, 0.3) is 5.91 Å². The van der Waals surface area contributed by atoms with Crippen LogP contribution in [0.2, 0.25) is 0 Å². The van der Waals surface area contributed by atoms with Gasteiger partial charge in [0.15, 0.2) is 5.11 Å². The Kier molecular flexibility index (Phi) is 6.24. The molecule has 0 radical (unpaired) electrons. The van der Waals surface area contributed by atoms with E-state index in [1.807, 2.05) is 68.6 Å². The summed E-state index contributed by atoms with van der Waals surface area (Å²) in [5.41, 5.74) is 4.72. The maximum absolute atomic E-state index is 12.8. The molecular weight excluding hydrogens is 434 g/mol. The summed E-state index contributed by atoms with van der Waals surface area (Å²) in [5, 5.41) is 0.537. The van der Waals surface area contributed by atoms with E-state index in [2.05, 4.69) is 24.5 Å². The molecule has 1 amide bonds. The summed E-state index contributed by atoms with van der Waals surface area (Å²) in [4.78, 5) is 16.1. The number of thiocarbonyl (C=S) groups is 1. The third kappa shape index (κ3) is 4.24. The van der Waals surface area contributed by atoms with Gasteiger partial charge in [-0.05, 0) is 99.2 Å². The maximum Gasteiger partial charge on any atom is 0.276 e. The Morgan fingerprint density at radius 3 is 2.09 bits per heavy atom. The topological polar surface area (TPSA) is 46.9 Å². The lowest BCUT2D eigenvalue weighted by molar-refractivity contribution is -0.122. The smallest absolute Gasteiger partial charge is 0.276 e. The molecule has 33 heavy (non-hydrogen) atoms. The van der Waals surface area contributed by atoms with Gasteiger partial charge in [-0.25, -0.2) is 0 Å². The largest absolute Gasteiger partial charge is 0.497 e. The zero-order valence-corrected chi connectivity index (χ0v) is 20.3. The molecule has 6 nitrogen and oxygen atoms in total. The number of ether oxygens (including phenoxy) is 2. The minimum atomic E-state index is -0.0603. The number of benzene rings is 2. The summed E-state index contributed by atoms with van der Waals surface area (Å²) in [6.45, 7) is 6.59. The minimum absolute atomic E-state index is 0.0603. The molecule has 7 heteroatoms. The van der Waals surface area contributed by atoms with Crippen LogP contribution in [0.3, 0.4) is 0 Å². The minimum Gasteiger partial charge on any atom is -0.497 e. The van der Waals surface area contributed by atoms with Crippen molar-refractivity contribution in [3.05, 3.63) is 77.2 Å². The van der Waals surface area contributed by atoms with Crippen molar-refractivity contribution in [1.82, 2.24) is 14.4 Å². The number of hydrogen-bond acceptors (Lipinski definition) is 4. The van der Waals surface area contributed by atoms with Gasteiger partial charge in [0, 0.05) is 30.7 Å². The fourth-order valence-electron chi connectivity index (χ4n) is 4.01. The van der Waals surface area contributed by atoms with Crippen molar-refractivity contribution >= 4 is 29.3 Å². The third-order valence-electron chi connectivity index (χ3n) is 5.81. The molecule has 1 aromatic heterocycles. The first-order valence-electron chi connectivity index (χ1n) is 10.8. The molecule has 170 valence electrons. The fraction of sp³-hybridized carbons (Fsp3) is 0.231. The fourth-order valence-corrected chi connectivity index (χ4v) is 4.32. The highest BCUT2D eigenvalue weighted by atomic mass is 32.1. The standard InChI is InChI=1S/C26H27N3O3S/c1-6-28-25(30)24(27(4)26(28)33)16-19-15-17(2)29(18(19)3)20-7-9-22(10-8-20)32-23-13-11-21(31-5)12-14-23/h7-16H,6H2,1-5H3. The van der Waals surface area contributed by atoms with E-state index < -0.39 is 0 Å². The van der Waals surface area contributed by atoms with E-state index in [9.17, 15) is 4.79 Å². The molecule has 1 saturated heterocycles. The number of carbonyl (C=O) groups is 1. The first-order chi connectivity index (χ1) is 15.8. The monoisotopic (exact) mass is 461 g/mol. The number of methoxy groups -OCH3 is 1. The number of hydrogen-bond donors (Lipinski definition) is 0. The normalized spacial score (nSPS) is 15.0. The lowest BCUT2D eigenvalue weighted by atomic mass is 10.2. The molecule has 0 aliphatic carbocycles. The number of aromatic nitrogens is 1. The molecule has 1 aliphatic heterocycles. The lowest BCUT2D eigenvalue weighted by Gasteiger charge is -2.13. The van der Waals surface area contributed by atoms with E-state index in [4.69, 9.17) is 21.7 Å². The Hall–Kier alpha value is -3.58. The summed E-state index contributed by atoms with van der Waals surface area (Å²) in [5.74, 6) is 2.22. The van der Waals surface area contributed by atoms with Crippen LogP contribution < -0.4 is 9.47 Å². The molecule has 1 aliphatic rings. The summed E-state index contributed by atoms with van der Waals surface area (Å²) < 4.78 is 13.3. The quantitative estimate of drug-likeness (QED) is 0.368. The molecule has 3 aromatic rings. The van der Waals surface area contributed by atoms with Crippen LogP contribution in [-0.4, -0.2) is 46.1 Å². The van der Waals surface area contributed by atoms with Crippen LogP contribution in [0.1, 0.15) is 23.9 Å². The highest BCUT2D eigenvalue weighted by molar-refractivity contribution is 7.80. The number of likely N-dealkylation sites (N-methyl/N-ethyl adjacent to an activating group) is 2. The van der Waals surface area contributed by atoms with Crippen LogP contribution in [-0.2, 0) is 4.79 Å². The Bertz CT molecular complexity index is 1230. The van der Waals surface area contributed by atoms with Crippen LogP contribution >= 0.6 is 12.2 Å². The van der Waals surface area contributed by atoms with E-state index in [0.717, 1.165) is 39.9 Å². The van der Waals surface area contributed by atoms with Crippen molar-refractivity contribution in [2.24, 2.45) is 0 Å². The maximum atomic E-state index is 12.8. The second-order valence-electron chi connectivity index (χ2n) is 7.85. The Morgan fingerprint density at radius 1 is 0.970 bits per heavy atom. The molecule has 2 aromatic carbocycles. The number of carbonyl (C=O) groups excluding carboxylic acids is 1. The summed E-state index contributed by atoms with van der Waals surface area (Å²) in [6.07, 6.45) is 1.92. The summed E-state index contributed by atoms with van der Waals surface area (Å²) >= 11 is 5.41. The number of aryl methyl sites for hydroxylation is 1. The highest BCUT2D eigenvalue weighted by Crippen LogP contribution is 2.29. The van der Waals surface area contributed by atoms with E-state index in [1.165, 1.54) is 0 Å². The zero-order chi connectivity index (χ0) is 23.7. The van der Waals surface area contributed by atoms with Crippen LogP contribution in [0.25, 0.3) is 11.8 Å². The van der Waals surface area contributed by atoms with Gasteiger partial charge in [0.1, 0.15) is 22.9 Å². The van der Waals surface area contributed by atoms with Crippen LogP contribution in [0.4, 0.5) is 0 Å². The van der Waals surface area contributed by atoms with E-state index in [-0.39, 0.29) is 5.91 Å². The Balaban J connectivity index is 1.59. The molecule has 0 spiro atoms. The first-order valence-corrected chi connectivity index (χ1v) is 11.2. The SMILES string of the molecule is CCN1C(=O)C(=Cc2cc(C)n(-c3ccc(Oc4ccc(OC)cc4)cc3)c2C)N(C)C1=S. The lowest BCUT2D eigenvalue weighted by Crippen LogP contribution is -2.30. The first kappa shape index (κ1) is 22.6. The van der Waals surface area contributed by atoms with Crippen LogP contribution in [0, 0.1) is 13.8 Å².